The third kappa shape index (κ3) is 8.84. The summed E-state index contributed by atoms with van der Waals surface area (Å²) in [4.78, 5) is 4.47. The molecule has 0 amide bonds. The minimum atomic E-state index is 0. The van der Waals surface area contributed by atoms with Crippen molar-refractivity contribution in [2.24, 2.45) is 0 Å². The van der Waals surface area contributed by atoms with Gasteiger partial charge in [-0.2, -0.15) is 0 Å². The van der Waals surface area contributed by atoms with Crippen molar-refractivity contribution in [3.05, 3.63) is 0 Å². The van der Waals surface area contributed by atoms with Crippen LogP contribution in [0.15, 0.2) is 0 Å². The van der Waals surface area contributed by atoms with Crippen molar-refractivity contribution < 1.29 is 72.6 Å². The molecule has 0 aliphatic carbocycles. The fraction of sp³-hybridized carbons (Fsp3) is 1.00. The zero-order chi connectivity index (χ0) is 2.71. The molecule has 0 aromatic heterocycles. The van der Waals surface area contributed by atoms with E-state index in [0.29, 0.717) is 21.2 Å². The van der Waals surface area contributed by atoms with E-state index in [1.165, 1.54) is 0 Å². The molecule has 0 bridgehead atoms. The van der Waals surface area contributed by atoms with Crippen molar-refractivity contribution in [3.63, 3.8) is 0 Å². The van der Waals surface area contributed by atoms with Gasteiger partial charge in [-0.3, -0.25) is 0 Å². The Morgan fingerprint density at radius 2 is 1.25 bits per heavy atom. The van der Waals surface area contributed by atoms with Crippen LogP contribution in [0.3, 0.4) is 0 Å². The van der Waals surface area contributed by atoms with Gasteiger partial charge in [-0.25, -0.2) is 0 Å². The molecule has 0 aromatic carbocycles. The fourth-order valence-corrected chi connectivity index (χ4v) is 0. The summed E-state index contributed by atoms with van der Waals surface area (Å²) >= 11 is 0.590. The average molecular weight is 196 g/mol. The Labute approximate surface area is 80.4 Å². The first-order chi connectivity index (χ1) is 1.41. The van der Waals surface area contributed by atoms with Gasteiger partial charge in [0.05, 0.1) is 0 Å². The van der Waals surface area contributed by atoms with Crippen molar-refractivity contribution in [1.29, 1.82) is 0 Å². The van der Waals surface area contributed by atoms with Crippen LogP contribution >= 0.6 is 0 Å². The quantitative estimate of drug-likeness (QED) is 0.206. The molecule has 0 aromatic rings. The minimum Gasteiger partial charge on any atom is 1.00 e. The molecular formula is C2H6IK. The molecule has 0 N–H and O–H groups in total. The molecular weight excluding hydrogens is 190 g/mol. The minimum absolute atomic E-state index is 0. The van der Waals surface area contributed by atoms with Gasteiger partial charge in [-0.05, 0) is 0 Å². The van der Waals surface area contributed by atoms with E-state index in [2.05, 4.69) is 9.86 Å². The van der Waals surface area contributed by atoms with Gasteiger partial charge in [-0.1, -0.05) is 0 Å². The maximum Gasteiger partial charge on any atom is 1.00 e. The zero-order valence-corrected chi connectivity index (χ0v) is 8.66. The van der Waals surface area contributed by atoms with Crippen LogP contribution in [0.5, 0.6) is 0 Å². The van der Waals surface area contributed by atoms with E-state index in [4.69, 9.17) is 0 Å². The van der Waals surface area contributed by atoms with E-state index >= 15 is 0 Å². The standard InChI is InChI=1S/C2H6I.K/c1-3-2;/h1-2H3;/q-1;+1. The molecule has 0 saturated carbocycles. The first-order valence-corrected chi connectivity index (χ1v) is 5.07. The maximum atomic E-state index is 2.24. The first-order valence-electron chi connectivity index (χ1n) is 0.756. The van der Waals surface area contributed by atoms with Crippen molar-refractivity contribution in [2.75, 3.05) is 9.86 Å². The fourth-order valence-electron chi connectivity index (χ4n) is 0. The topological polar surface area (TPSA) is 0 Å². The molecule has 0 heterocycles. The summed E-state index contributed by atoms with van der Waals surface area (Å²) in [7, 11) is 0. The van der Waals surface area contributed by atoms with Crippen LogP contribution in [0.1, 0.15) is 0 Å². The van der Waals surface area contributed by atoms with E-state index in [-0.39, 0.29) is 51.4 Å². The molecule has 0 aliphatic rings. The average Bonchev–Trinajstić information content (AvgIpc) is 0.918. The van der Waals surface area contributed by atoms with Gasteiger partial charge < -0.3 is 0 Å². The zero-order valence-electron chi connectivity index (χ0n) is 3.38. The molecule has 0 rings (SSSR count). The summed E-state index contributed by atoms with van der Waals surface area (Å²) in [6.45, 7) is 0. The SMILES string of the molecule is C[I-]C.[K+]. The predicted octanol–water partition coefficient (Wildman–Crippen LogP) is -5.66. The van der Waals surface area contributed by atoms with Crippen molar-refractivity contribution >= 4 is 0 Å². The largest absolute Gasteiger partial charge is 1.00 e. The van der Waals surface area contributed by atoms with Gasteiger partial charge >= 0.3 is 82.5 Å². The Morgan fingerprint density at radius 1 is 1.25 bits per heavy atom. The summed E-state index contributed by atoms with van der Waals surface area (Å²) in [6.07, 6.45) is 0. The van der Waals surface area contributed by atoms with Gasteiger partial charge in [0.15, 0.2) is 0 Å². The second kappa shape index (κ2) is 9.03. The second-order valence-corrected chi connectivity index (χ2v) is 2.54. The van der Waals surface area contributed by atoms with Crippen LogP contribution < -0.4 is 72.6 Å². The predicted molar refractivity (Wildman–Crippen MR) is 11.8 cm³/mol. The number of hydrogen-bond acceptors (Lipinski definition) is 0. The number of alkyl halides is 2. The third-order valence-electron chi connectivity index (χ3n) is 0. The van der Waals surface area contributed by atoms with Crippen LogP contribution in [0.2, 0.25) is 0 Å². The molecule has 0 nitrogen and oxygen atoms in total. The van der Waals surface area contributed by atoms with Gasteiger partial charge in [0.2, 0.25) is 0 Å². The Kier molecular flexibility index (Phi) is 21.7. The second-order valence-electron chi connectivity index (χ2n) is 0.378. The monoisotopic (exact) mass is 196 g/mol. The van der Waals surface area contributed by atoms with E-state index in [0.717, 1.165) is 0 Å². The van der Waals surface area contributed by atoms with Gasteiger partial charge in [0.25, 0.3) is 0 Å². The molecule has 0 unspecified atom stereocenters. The molecule has 0 spiro atoms. The molecule has 0 aliphatic heterocycles. The summed E-state index contributed by atoms with van der Waals surface area (Å²) in [5, 5.41) is 0. The Morgan fingerprint density at radius 3 is 1.25 bits per heavy atom. The number of rotatable bonds is 0. The summed E-state index contributed by atoms with van der Waals surface area (Å²) < 4.78 is 0. The number of halogens is 1. The summed E-state index contributed by atoms with van der Waals surface area (Å²) in [5.74, 6) is 0. The Balaban J connectivity index is 0. The molecule has 0 saturated heterocycles. The van der Waals surface area contributed by atoms with Gasteiger partial charge in [0.1, 0.15) is 0 Å². The third-order valence-corrected chi connectivity index (χ3v) is 0. The van der Waals surface area contributed by atoms with Gasteiger partial charge in [-0.15, -0.1) is 0 Å². The molecule has 0 fully saturated rings. The van der Waals surface area contributed by atoms with Gasteiger partial charge in [0, 0.05) is 0 Å². The van der Waals surface area contributed by atoms with E-state index in [1.807, 2.05) is 0 Å². The summed E-state index contributed by atoms with van der Waals surface area (Å²) in [6, 6.07) is 0. The summed E-state index contributed by atoms with van der Waals surface area (Å²) in [5.41, 5.74) is 0. The molecule has 0 radical (unpaired) electrons. The van der Waals surface area contributed by atoms with Crippen LogP contribution in [0.25, 0.3) is 0 Å². The van der Waals surface area contributed by atoms with Crippen molar-refractivity contribution in [1.82, 2.24) is 0 Å². The number of hydrogen-bond donors (Lipinski definition) is 0. The molecule has 4 heavy (non-hydrogen) atoms. The normalized spacial score (nSPS) is 5.50. The van der Waals surface area contributed by atoms with Crippen LogP contribution in [0.4, 0.5) is 0 Å². The van der Waals surface area contributed by atoms with Crippen LogP contribution in [-0.4, -0.2) is 9.86 Å². The first kappa shape index (κ1) is 9.62. The van der Waals surface area contributed by atoms with Crippen molar-refractivity contribution in [2.45, 2.75) is 0 Å². The van der Waals surface area contributed by atoms with E-state index in [1.54, 1.807) is 0 Å². The molecule has 22 valence electrons. The molecule has 2 heteroatoms. The van der Waals surface area contributed by atoms with Crippen LogP contribution in [-0.2, 0) is 0 Å². The van der Waals surface area contributed by atoms with E-state index < -0.39 is 0 Å². The van der Waals surface area contributed by atoms with Crippen molar-refractivity contribution in [3.8, 4) is 0 Å². The Hall–Kier alpha value is 2.37. The Bertz CT molecular complexity index is 6.00. The maximum absolute atomic E-state index is 2.24. The smallest absolute Gasteiger partial charge is 1.00 e. The van der Waals surface area contributed by atoms with E-state index in [9.17, 15) is 0 Å². The molecule has 0 atom stereocenters. The van der Waals surface area contributed by atoms with Crippen LogP contribution in [0, 0.1) is 0 Å².